The monoisotopic (exact) mass is 307 g/mol. The zero-order chi connectivity index (χ0) is 16.4. The van der Waals surface area contributed by atoms with Crippen molar-refractivity contribution in [2.24, 2.45) is 0 Å². The first kappa shape index (κ1) is 15.0. The number of aromatic hydroxyl groups is 1. The van der Waals surface area contributed by atoms with Crippen LogP contribution < -0.4 is 4.90 Å². The second-order valence-electron chi connectivity index (χ2n) is 5.71. The highest BCUT2D eigenvalue weighted by Crippen LogP contribution is 2.25. The van der Waals surface area contributed by atoms with Crippen molar-refractivity contribution in [1.82, 2.24) is 0 Å². The number of imide groups is 1. The molecule has 0 aromatic heterocycles. The third kappa shape index (κ3) is 3.16. The lowest BCUT2D eigenvalue weighted by Gasteiger charge is -2.17. The van der Waals surface area contributed by atoms with E-state index >= 15 is 0 Å². The molecule has 0 aliphatic carbocycles. The third-order valence-corrected chi connectivity index (χ3v) is 3.98. The van der Waals surface area contributed by atoms with E-state index in [2.05, 4.69) is 6.92 Å². The maximum absolute atomic E-state index is 11.8. The Bertz CT molecular complexity index is 759. The molecule has 1 heterocycles. The van der Waals surface area contributed by atoms with Crippen molar-refractivity contribution < 1.29 is 14.7 Å². The van der Waals surface area contributed by atoms with Gasteiger partial charge in [0, 0.05) is 12.2 Å². The summed E-state index contributed by atoms with van der Waals surface area (Å²) in [5.41, 5.74) is 2.78. The van der Waals surface area contributed by atoms with E-state index in [0.29, 0.717) is 5.69 Å². The van der Waals surface area contributed by atoms with E-state index in [-0.39, 0.29) is 23.5 Å². The number of rotatable bonds is 4. The van der Waals surface area contributed by atoms with Gasteiger partial charge in [0.05, 0.1) is 5.69 Å². The quantitative estimate of drug-likeness (QED) is 0.883. The molecule has 0 saturated carbocycles. The molecule has 2 amide bonds. The molecule has 0 saturated heterocycles. The Hall–Kier alpha value is -2.88. The Kier molecular flexibility index (Phi) is 3.98. The molecule has 0 bridgehead atoms. The molecule has 1 N–H and O–H groups in total. The highest BCUT2D eigenvalue weighted by molar-refractivity contribution is 6.28. The summed E-state index contributed by atoms with van der Waals surface area (Å²) in [6.07, 6.45) is 3.35. The van der Waals surface area contributed by atoms with E-state index in [1.807, 2.05) is 30.3 Å². The predicted octanol–water partition coefficient (Wildman–Crippen LogP) is 3.17. The number of phenols is 1. The van der Waals surface area contributed by atoms with Crippen molar-refractivity contribution >= 4 is 17.5 Å². The molecular formula is C19H17NO3. The van der Waals surface area contributed by atoms with Crippen LogP contribution in [-0.2, 0) is 16.0 Å². The number of hydrogen-bond acceptors (Lipinski definition) is 3. The molecule has 4 nitrogen and oxygen atoms in total. The SMILES string of the molecule is CC(Cc1cccc(N2C(=O)C=CC2=O)c1)c1ccc(O)cc1. The molecule has 2 aromatic rings. The van der Waals surface area contributed by atoms with Crippen LogP contribution in [0.25, 0.3) is 0 Å². The minimum Gasteiger partial charge on any atom is -0.508 e. The molecule has 4 heteroatoms. The minimum absolute atomic E-state index is 0.251. The summed E-state index contributed by atoms with van der Waals surface area (Å²) in [5, 5.41) is 9.36. The first-order chi connectivity index (χ1) is 11.0. The first-order valence-electron chi connectivity index (χ1n) is 7.48. The molecule has 2 aromatic carbocycles. The fraction of sp³-hybridized carbons (Fsp3) is 0.158. The molecule has 0 radical (unpaired) electrons. The minimum atomic E-state index is -0.307. The number of carbonyl (C=O) groups excluding carboxylic acids is 2. The van der Waals surface area contributed by atoms with Crippen molar-refractivity contribution in [3.63, 3.8) is 0 Å². The lowest BCUT2D eigenvalue weighted by Crippen LogP contribution is -2.29. The first-order valence-corrected chi connectivity index (χ1v) is 7.48. The Morgan fingerprint density at radius 2 is 1.65 bits per heavy atom. The number of nitrogens with zero attached hydrogens (tertiary/aromatic N) is 1. The number of phenolic OH excluding ortho intramolecular Hbond substituents is 1. The van der Waals surface area contributed by atoms with Gasteiger partial charge in [-0.3, -0.25) is 9.59 Å². The van der Waals surface area contributed by atoms with Crippen molar-refractivity contribution in [2.45, 2.75) is 19.3 Å². The van der Waals surface area contributed by atoms with E-state index in [4.69, 9.17) is 0 Å². The summed E-state index contributed by atoms with van der Waals surface area (Å²) in [5.74, 6) is -0.104. The molecule has 1 aliphatic heterocycles. The number of amides is 2. The van der Waals surface area contributed by atoms with Crippen molar-refractivity contribution in [1.29, 1.82) is 0 Å². The van der Waals surface area contributed by atoms with Crippen LogP contribution in [-0.4, -0.2) is 16.9 Å². The van der Waals surface area contributed by atoms with E-state index in [1.54, 1.807) is 18.2 Å². The van der Waals surface area contributed by atoms with E-state index in [0.717, 1.165) is 17.5 Å². The molecule has 23 heavy (non-hydrogen) atoms. The summed E-state index contributed by atoms with van der Waals surface area (Å²) < 4.78 is 0. The van der Waals surface area contributed by atoms with Crippen molar-refractivity contribution in [3.8, 4) is 5.75 Å². The zero-order valence-corrected chi connectivity index (χ0v) is 12.8. The van der Waals surface area contributed by atoms with Gasteiger partial charge in [-0.05, 0) is 47.7 Å². The summed E-state index contributed by atoms with van der Waals surface area (Å²) in [7, 11) is 0. The van der Waals surface area contributed by atoms with Gasteiger partial charge in [0.25, 0.3) is 11.8 Å². The lowest BCUT2D eigenvalue weighted by atomic mass is 9.93. The summed E-state index contributed by atoms with van der Waals surface area (Å²) >= 11 is 0. The molecule has 1 atom stereocenters. The molecule has 1 unspecified atom stereocenters. The summed E-state index contributed by atoms with van der Waals surface area (Å²) in [6.45, 7) is 2.10. The Balaban J connectivity index is 1.79. The average molecular weight is 307 g/mol. The van der Waals surface area contributed by atoms with Crippen LogP contribution in [0.2, 0.25) is 0 Å². The smallest absolute Gasteiger partial charge is 0.258 e. The standard InChI is InChI=1S/C19H17NO3/c1-13(15-5-7-17(21)8-6-15)11-14-3-2-4-16(12-14)20-18(22)9-10-19(20)23/h2-10,12-13,21H,11H2,1H3. The van der Waals surface area contributed by atoms with E-state index < -0.39 is 0 Å². The molecule has 1 aliphatic rings. The molecular weight excluding hydrogens is 290 g/mol. The Morgan fingerprint density at radius 1 is 1.00 bits per heavy atom. The van der Waals surface area contributed by atoms with Crippen molar-refractivity contribution in [2.75, 3.05) is 4.90 Å². The maximum Gasteiger partial charge on any atom is 0.258 e. The van der Waals surface area contributed by atoms with Crippen molar-refractivity contribution in [3.05, 3.63) is 71.8 Å². The van der Waals surface area contributed by atoms with Crippen LogP contribution >= 0.6 is 0 Å². The summed E-state index contributed by atoms with van der Waals surface area (Å²) in [6, 6.07) is 14.6. The van der Waals surface area contributed by atoms with Crippen LogP contribution in [0.3, 0.4) is 0 Å². The van der Waals surface area contributed by atoms with Gasteiger partial charge in [-0.25, -0.2) is 4.90 Å². The molecule has 0 fully saturated rings. The Morgan fingerprint density at radius 3 is 2.30 bits per heavy atom. The van der Waals surface area contributed by atoms with Gasteiger partial charge in [0.1, 0.15) is 5.75 Å². The number of hydrogen-bond donors (Lipinski definition) is 1. The largest absolute Gasteiger partial charge is 0.508 e. The van der Waals surface area contributed by atoms with Crippen LogP contribution in [0, 0.1) is 0 Å². The third-order valence-electron chi connectivity index (χ3n) is 3.98. The second kappa shape index (κ2) is 6.08. The molecule has 0 spiro atoms. The number of carbonyl (C=O) groups is 2. The van der Waals surface area contributed by atoms with Crippen LogP contribution in [0.4, 0.5) is 5.69 Å². The fourth-order valence-corrected chi connectivity index (χ4v) is 2.75. The van der Waals surface area contributed by atoms with Gasteiger partial charge in [-0.1, -0.05) is 31.2 Å². The highest BCUT2D eigenvalue weighted by atomic mass is 16.3. The van der Waals surface area contributed by atoms with Gasteiger partial charge in [0.15, 0.2) is 0 Å². The average Bonchev–Trinajstić information content (AvgIpc) is 2.87. The predicted molar refractivity (Wildman–Crippen MR) is 88.3 cm³/mol. The van der Waals surface area contributed by atoms with Gasteiger partial charge >= 0.3 is 0 Å². The second-order valence-corrected chi connectivity index (χ2v) is 5.71. The van der Waals surface area contributed by atoms with E-state index in [1.165, 1.54) is 17.1 Å². The lowest BCUT2D eigenvalue weighted by molar-refractivity contribution is -0.119. The Labute approximate surface area is 134 Å². The van der Waals surface area contributed by atoms with Gasteiger partial charge in [-0.2, -0.15) is 0 Å². The fourth-order valence-electron chi connectivity index (χ4n) is 2.75. The maximum atomic E-state index is 11.8. The topological polar surface area (TPSA) is 57.6 Å². The van der Waals surface area contributed by atoms with Crippen LogP contribution in [0.1, 0.15) is 24.0 Å². The van der Waals surface area contributed by atoms with Crippen LogP contribution in [0.5, 0.6) is 5.75 Å². The normalized spacial score (nSPS) is 15.3. The van der Waals surface area contributed by atoms with Crippen LogP contribution in [0.15, 0.2) is 60.7 Å². The van der Waals surface area contributed by atoms with Gasteiger partial charge in [0.2, 0.25) is 0 Å². The molecule has 3 rings (SSSR count). The highest BCUT2D eigenvalue weighted by Gasteiger charge is 2.25. The number of benzene rings is 2. The van der Waals surface area contributed by atoms with Gasteiger partial charge < -0.3 is 5.11 Å². The van der Waals surface area contributed by atoms with E-state index in [9.17, 15) is 14.7 Å². The summed E-state index contributed by atoms with van der Waals surface area (Å²) in [4.78, 5) is 24.7. The molecule has 116 valence electrons. The number of anilines is 1. The van der Waals surface area contributed by atoms with Gasteiger partial charge in [-0.15, -0.1) is 0 Å². The zero-order valence-electron chi connectivity index (χ0n) is 12.8.